The van der Waals surface area contributed by atoms with Gasteiger partial charge in [0.15, 0.2) is 5.78 Å². The van der Waals surface area contributed by atoms with Crippen LogP contribution in [0.1, 0.15) is 26.3 Å². The average molecular weight is 423 g/mol. The third-order valence-corrected chi connectivity index (χ3v) is 4.52. The van der Waals surface area contributed by atoms with Crippen molar-refractivity contribution in [3.63, 3.8) is 0 Å². The van der Waals surface area contributed by atoms with Gasteiger partial charge in [0.05, 0.1) is 25.3 Å². The molecule has 0 bridgehead atoms. The van der Waals surface area contributed by atoms with Crippen molar-refractivity contribution >= 4 is 29.4 Å². The van der Waals surface area contributed by atoms with Crippen LogP contribution in [0.25, 0.3) is 6.08 Å². The van der Waals surface area contributed by atoms with Crippen LogP contribution in [0.2, 0.25) is 5.02 Å². The second-order valence-electron chi connectivity index (χ2n) is 6.23. The molecule has 0 amide bonds. The maximum absolute atomic E-state index is 12.5. The van der Waals surface area contributed by atoms with Crippen LogP contribution in [0.3, 0.4) is 0 Å². The van der Waals surface area contributed by atoms with Crippen LogP contribution < -0.4 is 14.2 Å². The molecule has 3 aromatic rings. The summed E-state index contributed by atoms with van der Waals surface area (Å²) in [6.45, 7) is 0. The minimum atomic E-state index is -0.475. The Bertz CT molecular complexity index is 1070. The van der Waals surface area contributed by atoms with Gasteiger partial charge in [0.25, 0.3) is 0 Å². The number of ether oxygens (including phenoxy) is 3. The van der Waals surface area contributed by atoms with Gasteiger partial charge in [-0.1, -0.05) is 29.8 Å². The van der Waals surface area contributed by atoms with Gasteiger partial charge in [0.2, 0.25) is 0 Å². The molecule has 0 aliphatic heterocycles. The van der Waals surface area contributed by atoms with Crippen molar-refractivity contribution in [2.45, 2.75) is 0 Å². The highest BCUT2D eigenvalue weighted by molar-refractivity contribution is 6.30. The molecule has 0 spiro atoms. The fraction of sp³-hybridized carbons (Fsp3) is 0.0833. The minimum absolute atomic E-state index is 0.201. The second kappa shape index (κ2) is 9.76. The summed E-state index contributed by atoms with van der Waals surface area (Å²) in [5.41, 5.74) is 1.62. The molecule has 0 unspecified atom stereocenters. The standard InChI is InChI=1S/C24H19ClO5/c1-28-20-12-13-21(23(15-20)29-2)22(26)14-5-16-3-10-19(11-4-16)30-24(27)17-6-8-18(25)9-7-17/h3-15H,1-2H3. The van der Waals surface area contributed by atoms with Gasteiger partial charge in [0.1, 0.15) is 17.2 Å². The van der Waals surface area contributed by atoms with Crippen LogP contribution in [-0.4, -0.2) is 26.0 Å². The van der Waals surface area contributed by atoms with Gasteiger partial charge < -0.3 is 14.2 Å². The molecule has 0 radical (unpaired) electrons. The minimum Gasteiger partial charge on any atom is -0.497 e. The SMILES string of the molecule is COc1ccc(C(=O)C=Cc2ccc(OC(=O)c3ccc(Cl)cc3)cc2)c(OC)c1. The van der Waals surface area contributed by atoms with Gasteiger partial charge in [-0.25, -0.2) is 4.79 Å². The Kier molecular flexibility index (Phi) is 6.88. The number of halogens is 1. The molecule has 0 saturated carbocycles. The van der Waals surface area contributed by atoms with Crippen LogP contribution in [-0.2, 0) is 0 Å². The van der Waals surface area contributed by atoms with E-state index in [9.17, 15) is 9.59 Å². The summed E-state index contributed by atoms with van der Waals surface area (Å²) in [5, 5.41) is 0.546. The Morgan fingerprint density at radius 1 is 0.833 bits per heavy atom. The van der Waals surface area contributed by atoms with Crippen molar-refractivity contribution in [2.75, 3.05) is 14.2 Å². The molecule has 5 nitrogen and oxygen atoms in total. The summed E-state index contributed by atoms with van der Waals surface area (Å²) in [4.78, 5) is 24.6. The molecule has 3 rings (SSSR count). The van der Waals surface area contributed by atoms with Gasteiger partial charge in [-0.3, -0.25) is 4.79 Å². The first-order valence-corrected chi connectivity index (χ1v) is 9.40. The van der Waals surface area contributed by atoms with E-state index in [1.165, 1.54) is 13.2 Å². The van der Waals surface area contributed by atoms with Gasteiger partial charge in [0, 0.05) is 11.1 Å². The molecule has 6 heteroatoms. The number of benzene rings is 3. The van der Waals surface area contributed by atoms with E-state index in [4.69, 9.17) is 25.8 Å². The lowest BCUT2D eigenvalue weighted by atomic mass is 10.1. The Morgan fingerprint density at radius 3 is 2.13 bits per heavy atom. The summed E-state index contributed by atoms with van der Waals surface area (Å²) in [7, 11) is 3.05. The van der Waals surface area contributed by atoms with E-state index in [-0.39, 0.29) is 5.78 Å². The van der Waals surface area contributed by atoms with E-state index in [2.05, 4.69) is 0 Å². The average Bonchev–Trinajstić information content (AvgIpc) is 2.78. The fourth-order valence-electron chi connectivity index (χ4n) is 2.66. The number of methoxy groups -OCH3 is 2. The monoisotopic (exact) mass is 422 g/mol. The molecular weight excluding hydrogens is 404 g/mol. The van der Waals surface area contributed by atoms with Crippen molar-refractivity contribution in [1.29, 1.82) is 0 Å². The fourth-order valence-corrected chi connectivity index (χ4v) is 2.79. The van der Waals surface area contributed by atoms with Crippen LogP contribution in [0.5, 0.6) is 17.2 Å². The highest BCUT2D eigenvalue weighted by Gasteiger charge is 2.11. The van der Waals surface area contributed by atoms with Gasteiger partial charge >= 0.3 is 5.97 Å². The number of carbonyl (C=O) groups excluding carboxylic acids is 2. The lowest BCUT2D eigenvalue weighted by molar-refractivity contribution is 0.0734. The zero-order valence-corrected chi connectivity index (χ0v) is 17.2. The molecule has 0 aliphatic carbocycles. The van der Waals surface area contributed by atoms with Crippen molar-refractivity contribution in [3.8, 4) is 17.2 Å². The number of esters is 1. The van der Waals surface area contributed by atoms with Gasteiger partial charge in [-0.15, -0.1) is 0 Å². The number of allylic oxidation sites excluding steroid dienone is 1. The van der Waals surface area contributed by atoms with Crippen LogP contribution >= 0.6 is 11.6 Å². The number of hydrogen-bond donors (Lipinski definition) is 0. The van der Waals surface area contributed by atoms with E-state index < -0.39 is 5.97 Å². The van der Waals surface area contributed by atoms with E-state index in [0.717, 1.165) is 5.56 Å². The molecule has 3 aromatic carbocycles. The van der Waals surface area contributed by atoms with Crippen LogP contribution in [0.4, 0.5) is 0 Å². The topological polar surface area (TPSA) is 61.8 Å². The molecular formula is C24H19ClO5. The molecule has 0 saturated heterocycles. The third kappa shape index (κ3) is 5.27. The van der Waals surface area contributed by atoms with Crippen LogP contribution in [0.15, 0.2) is 72.8 Å². The Hall–Kier alpha value is -3.57. The second-order valence-corrected chi connectivity index (χ2v) is 6.67. The maximum Gasteiger partial charge on any atom is 0.343 e. The number of hydrogen-bond acceptors (Lipinski definition) is 5. The van der Waals surface area contributed by atoms with Gasteiger partial charge in [-0.2, -0.15) is 0 Å². The molecule has 0 aliphatic rings. The van der Waals surface area contributed by atoms with E-state index in [0.29, 0.717) is 33.4 Å². The highest BCUT2D eigenvalue weighted by Crippen LogP contribution is 2.25. The lowest BCUT2D eigenvalue weighted by Gasteiger charge is -2.08. The number of carbonyl (C=O) groups is 2. The lowest BCUT2D eigenvalue weighted by Crippen LogP contribution is -2.08. The largest absolute Gasteiger partial charge is 0.497 e. The summed E-state index contributed by atoms with van der Waals surface area (Å²) in [6.07, 6.45) is 3.13. The summed E-state index contributed by atoms with van der Waals surface area (Å²) >= 11 is 5.82. The third-order valence-electron chi connectivity index (χ3n) is 4.27. The molecule has 0 N–H and O–H groups in total. The quantitative estimate of drug-likeness (QED) is 0.218. The summed E-state index contributed by atoms with van der Waals surface area (Å²) in [5.74, 6) is 0.768. The molecule has 0 heterocycles. The molecule has 0 atom stereocenters. The molecule has 30 heavy (non-hydrogen) atoms. The number of rotatable bonds is 7. The normalized spacial score (nSPS) is 10.6. The molecule has 152 valence electrons. The molecule has 0 fully saturated rings. The smallest absolute Gasteiger partial charge is 0.343 e. The predicted octanol–water partition coefficient (Wildman–Crippen LogP) is 5.47. The maximum atomic E-state index is 12.5. The van der Waals surface area contributed by atoms with Crippen molar-refractivity contribution in [1.82, 2.24) is 0 Å². The Balaban J connectivity index is 1.66. The van der Waals surface area contributed by atoms with E-state index >= 15 is 0 Å². The first kappa shape index (κ1) is 21.1. The Morgan fingerprint density at radius 2 is 1.50 bits per heavy atom. The first-order chi connectivity index (χ1) is 14.5. The van der Waals surface area contributed by atoms with Crippen molar-refractivity contribution in [2.24, 2.45) is 0 Å². The number of ketones is 1. The van der Waals surface area contributed by atoms with E-state index in [1.807, 2.05) is 0 Å². The van der Waals surface area contributed by atoms with E-state index in [1.54, 1.807) is 79.9 Å². The highest BCUT2D eigenvalue weighted by atomic mass is 35.5. The zero-order valence-electron chi connectivity index (χ0n) is 16.4. The summed E-state index contributed by atoms with van der Waals surface area (Å²) < 4.78 is 15.7. The van der Waals surface area contributed by atoms with Gasteiger partial charge in [-0.05, 0) is 60.2 Å². The zero-order chi connectivity index (χ0) is 21.5. The predicted molar refractivity (Wildman–Crippen MR) is 116 cm³/mol. The first-order valence-electron chi connectivity index (χ1n) is 9.02. The Labute approximate surface area is 179 Å². The van der Waals surface area contributed by atoms with Crippen LogP contribution in [0, 0.1) is 0 Å². The van der Waals surface area contributed by atoms with Crippen molar-refractivity contribution in [3.05, 3.63) is 94.5 Å². The van der Waals surface area contributed by atoms with Crippen molar-refractivity contribution < 1.29 is 23.8 Å². The summed E-state index contributed by atoms with van der Waals surface area (Å²) in [6, 6.07) is 18.3. The molecule has 0 aromatic heterocycles.